The highest BCUT2D eigenvalue weighted by atomic mass is 16.5. The van der Waals surface area contributed by atoms with E-state index < -0.39 is 0 Å². The number of methoxy groups -OCH3 is 2. The molecule has 0 saturated carbocycles. The van der Waals surface area contributed by atoms with Crippen LogP contribution in [0.25, 0.3) is 0 Å². The van der Waals surface area contributed by atoms with Crippen LogP contribution in [0.1, 0.15) is 19.8 Å². The van der Waals surface area contributed by atoms with Crippen LogP contribution < -0.4 is 19.5 Å². The van der Waals surface area contributed by atoms with E-state index in [1.165, 1.54) is 0 Å². The summed E-state index contributed by atoms with van der Waals surface area (Å²) in [5.41, 5.74) is 0.805. The molecule has 1 fully saturated rings. The van der Waals surface area contributed by atoms with Crippen LogP contribution in [-0.2, 0) is 4.79 Å². The standard InChI is InChI=1S/C21H26N2O4/c1-15(21(24)23-12-4-5-13-23)22-16-6-11-19(26-3)20(14-16)27-18-9-7-17(25-2)8-10-18/h6-11,14-15,22H,4-5,12-13H2,1-3H3/t15-/m0/s1. The van der Waals surface area contributed by atoms with Crippen molar-refractivity contribution in [2.24, 2.45) is 0 Å². The van der Waals surface area contributed by atoms with Crippen molar-refractivity contribution in [2.75, 3.05) is 32.6 Å². The second-order valence-electron chi connectivity index (χ2n) is 6.54. The summed E-state index contributed by atoms with van der Waals surface area (Å²) in [7, 11) is 3.22. The summed E-state index contributed by atoms with van der Waals surface area (Å²) >= 11 is 0. The summed E-state index contributed by atoms with van der Waals surface area (Å²) in [5, 5.41) is 3.27. The molecule has 1 saturated heterocycles. The van der Waals surface area contributed by atoms with Crippen molar-refractivity contribution in [1.29, 1.82) is 0 Å². The third-order valence-electron chi connectivity index (χ3n) is 4.62. The summed E-state index contributed by atoms with van der Waals surface area (Å²) < 4.78 is 16.5. The second kappa shape index (κ2) is 8.66. The molecule has 0 spiro atoms. The zero-order valence-electron chi connectivity index (χ0n) is 16.0. The molecular weight excluding hydrogens is 344 g/mol. The quantitative estimate of drug-likeness (QED) is 0.800. The maximum Gasteiger partial charge on any atom is 0.244 e. The zero-order valence-corrected chi connectivity index (χ0v) is 16.0. The van der Waals surface area contributed by atoms with Crippen LogP contribution in [0.5, 0.6) is 23.0 Å². The van der Waals surface area contributed by atoms with E-state index >= 15 is 0 Å². The fourth-order valence-corrected chi connectivity index (χ4v) is 3.14. The number of ether oxygens (including phenoxy) is 3. The highest BCUT2D eigenvalue weighted by Crippen LogP contribution is 2.34. The molecule has 0 aromatic heterocycles. The van der Waals surface area contributed by atoms with Gasteiger partial charge in [0.1, 0.15) is 17.5 Å². The van der Waals surface area contributed by atoms with E-state index in [2.05, 4.69) is 5.32 Å². The van der Waals surface area contributed by atoms with Crippen LogP contribution in [0.4, 0.5) is 5.69 Å². The first-order chi connectivity index (χ1) is 13.1. The molecule has 0 radical (unpaired) electrons. The van der Waals surface area contributed by atoms with Crippen LogP contribution >= 0.6 is 0 Å². The Balaban J connectivity index is 1.73. The molecule has 0 unspecified atom stereocenters. The molecule has 144 valence electrons. The van der Waals surface area contributed by atoms with E-state index in [-0.39, 0.29) is 11.9 Å². The van der Waals surface area contributed by atoms with Gasteiger partial charge in [0.15, 0.2) is 11.5 Å². The van der Waals surface area contributed by atoms with E-state index in [9.17, 15) is 4.79 Å². The van der Waals surface area contributed by atoms with Crippen LogP contribution in [0.15, 0.2) is 42.5 Å². The van der Waals surface area contributed by atoms with Crippen molar-refractivity contribution in [2.45, 2.75) is 25.8 Å². The summed E-state index contributed by atoms with van der Waals surface area (Å²) in [4.78, 5) is 14.4. The molecule has 3 rings (SSSR count). The number of carbonyl (C=O) groups excluding carboxylic acids is 1. The van der Waals surface area contributed by atoms with E-state index in [4.69, 9.17) is 14.2 Å². The van der Waals surface area contributed by atoms with Gasteiger partial charge in [0.05, 0.1) is 14.2 Å². The molecule has 27 heavy (non-hydrogen) atoms. The molecule has 1 N–H and O–H groups in total. The van der Waals surface area contributed by atoms with Crippen molar-refractivity contribution >= 4 is 11.6 Å². The molecule has 1 aliphatic rings. The van der Waals surface area contributed by atoms with Crippen LogP contribution in [0, 0.1) is 0 Å². The van der Waals surface area contributed by atoms with Crippen molar-refractivity contribution in [1.82, 2.24) is 4.90 Å². The number of likely N-dealkylation sites (tertiary alicyclic amines) is 1. The number of rotatable bonds is 7. The Morgan fingerprint density at radius 1 is 0.963 bits per heavy atom. The lowest BCUT2D eigenvalue weighted by Gasteiger charge is -2.22. The first-order valence-electron chi connectivity index (χ1n) is 9.16. The topological polar surface area (TPSA) is 60.0 Å². The summed E-state index contributed by atoms with van der Waals surface area (Å²) in [6, 6.07) is 12.6. The van der Waals surface area contributed by atoms with E-state index in [1.54, 1.807) is 14.2 Å². The fourth-order valence-electron chi connectivity index (χ4n) is 3.14. The van der Waals surface area contributed by atoms with Crippen molar-refractivity contribution in [3.05, 3.63) is 42.5 Å². The van der Waals surface area contributed by atoms with E-state index in [0.717, 1.165) is 37.4 Å². The van der Waals surface area contributed by atoms with Gasteiger partial charge < -0.3 is 24.4 Å². The summed E-state index contributed by atoms with van der Waals surface area (Å²) in [6.45, 7) is 3.58. The number of amides is 1. The van der Waals surface area contributed by atoms with Gasteiger partial charge in [0, 0.05) is 24.8 Å². The van der Waals surface area contributed by atoms with Gasteiger partial charge in [-0.3, -0.25) is 4.79 Å². The lowest BCUT2D eigenvalue weighted by molar-refractivity contribution is -0.130. The largest absolute Gasteiger partial charge is 0.497 e. The van der Waals surface area contributed by atoms with Crippen molar-refractivity contribution in [3.8, 4) is 23.0 Å². The molecule has 2 aromatic rings. The first-order valence-corrected chi connectivity index (χ1v) is 9.16. The molecule has 1 heterocycles. The average Bonchev–Trinajstić information content (AvgIpc) is 3.23. The third-order valence-corrected chi connectivity index (χ3v) is 4.62. The van der Waals surface area contributed by atoms with Gasteiger partial charge in [0.2, 0.25) is 5.91 Å². The molecule has 1 amide bonds. The van der Waals surface area contributed by atoms with Crippen molar-refractivity contribution in [3.63, 3.8) is 0 Å². The first kappa shape index (κ1) is 18.9. The van der Waals surface area contributed by atoms with Gasteiger partial charge in [-0.15, -0.1) is 0 Å². The van der Waals surface area contributed by atoms with E-state index in [1.807, 2.05) is 54.3 Å². The zero-order chi connectivity index (χ0) is 19.2. The van der Waals surface area contributed by atoms with Gasteiger partial charge in [-0.05, 0) is 56.2 Å². The molecule has 1 atom stereocenters. The Labute approximate surface area is 160 Å². The molecule has 6 nitrogen and oxygen atoms in total. The maximum absolute atomic E-state index is 12.5. The number of nitrogens with one attached hydrogen (secondary N) is 1. The Morgan fingerprint density at radius 2 is 1.63 bits per heavy atom. The summed E-state index contributed by atoms with van der Waals surface area (Å²) in [5.74, 6) is 2.76. The number of hydrogen-bond donors (Lipinski definition) is 1. The highest BCUT2D eigenvalue weighted by molar-refractivity contribution is 5.84. The average molecular weight is 370 g/mol. The Kier molecular flexibility index (Phi) is 6.06. The maximum atomic E-state index is 12.5. The molecule has 2 aromatic carbocycles. The minimum Gasteiger partial charge on any atom is -0.497 e. The van der Waals surface area contributed by atoms with E-state index in [0.29, 0.717) is 17.2 Å². The Bertz CT molecular complexity index is 770. The Morgan fingerprint density at radius 3 is 2.26 bits per heavy atom. The molecule has 0 bridgehead atoms. The minimum atomic E-state index is -0.301. The SMILES string of the molecule is COc1ccc(Oc2cc(N[C@@H](C)C(=O)N3CCCC3)ccc2OC)cc1. The van der Waals surface area contributed by atoms with Gasteiger partial charge >= 0.3 is 0 Å². The molecule has 6 heteroatoms. The predicted octanol–water partition coefficient (Wildman–Crippen LogP) is 3.92. The number of hydrogen-bond acceptors (Lipinski definition) is 5. The van der Waals surface area contributed by atoms with Crippen molar-refractivity contribution < 1.29 is 19.0 Å². The fraction of sp³-hybridized carbons (Fsp3) is 0.381. The van der Waals surface area contributed by atoms with Gasteiger partial charge in [-0.25, -0.2) is 0 Å². The minimum absolute atomic E-state index is 0.126. The second-order valence-corrected chi connectivity index (χ2v) is 6.54. The lowest BCUT2D eigenvalue weighted by atomic mass is 10.2. The predicted molar refractivity (Wildman–Crippen MR) is 105 cm³/mol. The molecular formula is C21H26N2O4. The number of benzene rings is 2. The van der Waals surface area contributed by atoms with Gasteiger partial charge in [-0.1, -0.05) is 0 Å². The van der Waals surface area contributed by atoms with Gasteiger partial charge in [0.25, 0.3) is 0 Å². The normalized spacial score (nSPS) is 14.6. The molecule has 1 aliphatic heterocycles. The smallest absolute Gasteiger partial charge is 0.244 e. The summed E-state index contributed by atoms with van der Waals surface area (Å²) in [6.07, 6.45) is 2.17. The lowest BCUT2D eigenvalue weighted by Crippen LogP contribution is -2.39. The van der Waals surface area contributed by atoms with Gasteiger partial charge in [-0.2, -0.15) is 0 Å². The van der Waals surface area contributed by atoms with Crippen LogP contribution in [0.2, 0.25) is 0 Å². The Hall–Kier alpha value is -2.89. The number of nitrogens with zero attached hydrogens (tertiary/aromatic N) is 1. The molecule has 0 aliphatic carbocycles. The van der Waals surface area contributed by atoms with Crippen LogP contribution in [0.3, 0.4) is 0 Å². The number of carbonyl (C=O) groups is 1. The number of anilines is 1. The third kappa shape index (κ3) is 4.64. The van der Waals surface area contributed by atoms with Crippen LogP contribution in [-0.4, -0.2) is 44.2 Å². The monoisotopic (exact) mass is 370 g/mol. The highest BCUT2D eigenvalue weighted by Gasteiger charge is 2.23.